The topological polar surface area (TPSA) is 235 Å². The van der Waals surface area contributed by atoms with Crippen molar-refractivity contribution in [3.8, 4) is 12.3 Å². The highest BCUT2D eigenvalue weighted by Gasteiger charge is 2.25. The van der Waals surface area contributed by atoms with Gasteiger partial charge in [0, 0.05) is 6.42 Å². The van der Waals surface area contributed by atoms with Crippen LogP contribution in [0.15, 0.2) is 30.3 Å². The van der Waals surface area contributed by atoms with Gasteiger partial charge in [-0.15, -0.1) is 6.42 Å². The van der Waals surface area contributed by atoms with Crippen LogP contribution < -0.4 is 38.1 Å². The van der Waals surface area contributed by atoms with Crippen LogP contribution in [0.25, 0.3) is 0 Å². The molecule has 3 atom stereocenters. The van der Waals surface area contributed by atoms with E-state index in [2.05, 4.69) is 26.6 Å². The lowest BCUT2D eigenvalue weighted by atomic mass is 10.1. The van der Waals surface area contributed by atoms with Crippen LogP contribution in [0, 0.1) is 12.3 Å². The SMILES string of the molecule is C#CC(=O)NC(CCCCN)C(=O)NCC(=O)NC(Cc1ccccc1)C(=O)NCC(=O)N[C@@H](CCCCN)C(=O)O. The van der Waals surface area contributed by atoms with Gasteiger partial charge in [-0.3, -0.25) is 24.0 Å². The van der Waals surface area contributed by atoms with Gasteiger partial charge in [-0.1, -0.05) is 30.3 Å². The number of carboxylic acids is 1. The zero-order valence-electron chi connectivity index (χ0n) is 23.5. The summed E-state index contributed by atoms with van der Waals surface area (Å²) in [5.41, 5.74) is 11.6. The lowest BCUT2D eigenvalue weighted by molar-refractivity contribution is -0.142. The monoisotopic (exact) mass is 587 g/mol. The first-order valence-corrected chi connectivity index (χ1v) is 13.7. The average Bonchev–Trinajstić information content (AvgIpc) is 2.97. The van der Waals surface area contributed by atoms with Crippen molar-refractivity contribution in [2.75, 3.05) is 26.2 Å². The van der Waals surface area contributed by atoms with E-state index in [4.69, 9.17) is 17.9 Å². The Balaban J connectivity index is 2.80. The summed E-state index contributed by atoms with van der Waals surface area (Å²) in [7, 11) is 0. The summed E-state index contributed by atoms with van der Waals surface area (Å²) in [6.07, 6.45) is 7.87. The van der Waals surface area contributed by atoms with Crippen molar-refractivity contribution in [3.63, 3.8) is 0 Å². The number of rotatable bonds is 20. The lowest BCUT2D eigenvalue weighted by Crippen LogP contribution is -2.54. The molecule has 0 saturated carbocycles. The number of carbonyl (C=O) groups is 6. The third-order valence-corrected chi connectivity index (χ3v) is 6.06. The normalized spacial score (nSPS) is 12.5. The van der Waals surface area contributed by atoms with E-state index >= 15 is 0 Å². The smallest absolute Gasteiger partial charge is 0.326 e. The molecule has 1 aromatic carbocycles. The molecule has 14 nitrogen and oxygen atoms in total. The molecule has 14 heteroatoms. The number of nitrogens with one attached hydrogen (secondary N) is 5. The summed E-state index contributed by atoms with van der Waals surface area (Å²) in [4.78, 5) is 73.7. The number of carboxylic acid groups (broad SMARTS) is 1. The number of hydrogen-bond acceptors (Lipinski definition) is 8. The van der Waals surface area contributed by atoms with E-state index in [1.54, 1.807) is 30.3 Å². The van der Waals surface area contributed by atoms with Gasteiger partial charge in [0.25, 0.3) is 5.91 Å². The van der Waals surface area contributed by atoms with E-state index in [-0.39, 0.29) is 19.3 Å². The molecule has 0 spiro atoms. The van der Waals surface area contributed by atoms with Crippen LogP contribution in [0.2, 0.25) is 0 Å². The van der Waals surface area contributed by atoms with Gasteiger partial charge in [0.15, 0.2) is 0 Å². The van der Waals surface area contributed by atoms with E-state index < -0.39 is 66.7 Å². The molecule has 0 heterocycles. The average molecular weight is 588 g/mol. The van der Waals surface area contributed by atoms with Gasteiger partial charge in [-0.05, 0) is 63.1 Å². The molecule has 0 aliphatic carbocycles. The molecule has 0 bridgehead atoms. The molecule has 0 fully saturated rings. The van der Waals surface area contributed by atoms with Crippen LogP contribution in [0.5, 0.6) is 0 Å². The maximum atomic E-state index is 13.0. The van der Waals surface area contributed by atoms with Crippen molar-refractivity contribution < 1.29 is 33.9 Å². The van der Waals surface area contributed by atoms with Crippen LogP contribution in [-0.4, -0.2) is 84.9 Å². The van der Waals surface area contributed by atoms with Crippen LogP contribution in [0.1, 0.15) is 44.1 Å². The van der Waals surface area contributed by atoms with Gasteiger partial charge >= 0.3 is 5.97 Å². The molecule has 0 aliphatic heterocycles. The number of benzene rings is 1. The number of hydrogen-bond donors (Lipinski definition) is 8. The Bertz CT molecular complexity index is 1090. The Hall–Kier alpha value is -4.48. The third kappa shape index (κ3) is 14.8. The number of amides is 5. The van der Waals surface area contributed by atoms with Crippen molar-refractivity contribution in [2.45, 2.75) is 63.1 Å². The Morgan fingerprint density at radius 1 is 0.738 bits per heavy atom. The summed E-state index contributed by atoms with van der Waals surface area (Å²) in [5, 5.41) is 21.5. The van der Waals surface area contributed by atoms with Gasteiger partial charge < -0.3 is 43.2 Å². The highest BCUT2D eigenvalue weighted by molar-refractivity contribution is 5.97. The molecule has 0 radical (unpaired) electrons. The van der Waals surface area contributed by atoms with Crippen LogP contribution in [0.4, 0.5) is 0 Å². The highest BCUT2D eigenvalue weighted by Crippen LogP contribution is 2.05. The van der Waals surface area contributed by atoms with Crippen LogP contribution in [-0.2, 0) is 35.2 Å². The summed E-state index contributed by atoms with van der Waals surface area (Å²) in [6, 6.07) is 5.57. The van der Waals surface area contributed by atoms with Gasteiger partial charge in [0.2, 0.25) is 23.6 Å². The fourth-order valence-electron chi connectivity index (χ4n) is 3.84. The number of aliphatic carboxylic acids is 1. The minimum Gasteiger partial charge on any atom is -0.480 e. The zero-order chi connectivity index (χ0) is 31.3. The molecule has 1 aromatic rings. The molecule has 42 heavy (non-hydrogen) atoms. The molecular weight excluding hydrogens is 546 g/mol. The van der Waals surface area contributed by atoms with Crippen molar-refractivity contribution >= 4 is 35.5 Å². The Morgan fingerprint density at radius 3 is 1.74 bits per heavy atom. The molecule has 0 aromatic heterocycles. The summed E-state index contributed by atoms with van der Waals surface area (Å²) in [6.45, 7) is -0.218. The fraction of sp³-hybridized carbons (Fsp3) is 0.500. The lowest BCUT2D eigenvalue weighted by Gasteiger charge is -2.20. The van der Waals surface area contributed by atoms with Crippen molar-refractivity contribution in [2.24, 2.45) is 11.5 Å². The maximum Gasteiger partial charge on any atom is 0.326 e. The maximum absolute atomic E-state index is 13.0. The Labute approximate surface area is 245 Å². The molecule has 2 unspecified atom stereocenters. The largest absolute Gasteiger partial charge is 0.480 e. The number of nitrogens with two attached hydrogens (primary N) is 2. The van der Waals surface area contributed by atoms with E-state index in [1.807, 2.05) is 5.92 Å². The number of carbonyl (C=O) groups excluding carboxylic acids is 5. The first kappa shape index (κ1) is 35.5. The first-order valence-electron chi connectivity index (χ1n) is 13.7. The quantitative estimate of drug-likeness (QED) is 0.0615. The predicted octanol–water partition coefficient (Wildman–Crippen LogP) is -2.11. The predicted molar refractivity (Wildman–Crippen MR) is 154 cm³/mol. The second-order valence-electron chi connectivity index (χ2n) is 9.44. The highest BCUT2D eigenvalue weighted by atomic mass is 16.4. The molecule has 5 amide bonds. The Kier molecular flexibility index (Phi) is 17.3. The molecule has 10 N–H and O–H groups in total. The number of terminal acetylenes is 1. The van der Waals surface area contributed by atoms with Crippen LogP contribution >= 0.6 is 0 Å². The van der Waals surface area contributed by atoms with E-state index in [0.29, 0.717) is 44.3 Å². The molecule has 0 aliphatic rings. The van der Waals surface area contributed by atoms with Crippen molar-refractivity contribution in [1.82, 2.24) is 26.6 Å². The second kappa shape index (κ2) is 20.4. The van der Waals surface area contributed by atoms with Gasteiger partial charge in [-0.25, -0.2) is 4.79 Å². The minimum absolute atomic E-state index is 0.0742. The first-order chi connectivity index (χ1) is 20.1. The summed E-state index contributed by atoms with van der Waals surface area (Å²) < 4.78 is 0. The second-order valence-corrected chi connectivity index (χ2v) is 9.44. The Morgan fingerprint density at radius 2 is 1.24 bits per heavy atom. The van der Waals surface area contributed by atoms with E-state index in [0.717, 1.165) is 0 Å². The molecule has 230 valence electrons. The van der Waals surface area contributed by atoms with E-state index in [1.165, 1.54) is 0 Å². The molecular formula is C28H41N7O7. The van der Waals surface area contributed by atoms with Crippen LogP contribution in [0.3, 0.4) is 0 Å². The molecule has 1 rings (SSSR count). The van der Waals surface area contributed by atoms with Crippen molar-refractivity contribution in [3.05, 3.63) is 35.9 Å². The van der Waals surface area contributed by atoms with E-state index in [9.17, 15) is 33.9 Å². The van der Waals surface area contributed by atoms with Crippen molar-refractivity contribution in [1.29, 1.82) is 0 Å². The minimum atomic E-state index is -1.21. The summed E-state index contributed by atoms with van der Waals surface area (Å²) >= 11 is 0. The number of unbranched alkanes of at least 4 members (excludes halogenated alkanes) is 2. The standard InChI is InChI=1S/C28H41N7O7/c1-2-23(36)33-20(12-6-8-14-29)26(39)31-18-25(38)35-22(16-19-10-4-3-5-11-19)27(40)32-17-24(37)34-21(28(41)42)13-7-9-15-30/h1,3-5,10-11,20-22H,6-9,12-18,29-30H2,(H,31,39)(H,32,40)(H,33,36)(H,34,37)(H,35,38)(H,41,42)/t20?,21-,22?/m0/s1. The molecule has 0 saturated heterocycles. The van der Waals surface area contributed by atoms with Gasteiger partial charge in [-0.2, -0.15) is 0 Å². The third-order valence-electron chi connectivity index (χ3n) is 6.06. The van der Waals surface area contributed by atoms with Gasteiger partial charge in [0.05, 0.1) is 13.1 Å². The fourth-order valence-corrected chi connectivity index (χ4v) is 3.84. The summed E-state index contributed by atoms with van der Waals surface area (Å²) in [5.74, 6) is -2.84. The van der Waals surface area contributed by atoms with Gasteiger partial charge in [0.1, 0.15) is 18.1 Å². The zero-order valence-corrected chi connectivity index (χ0v) is 23.5.